The van der Waals surface area contributed by atoms with E-state index in [2.05, 4.69) is 4.98 Å². The third-order valence-corrected chi connectivity index (χ3v) is 1.99. The van der Waals surface area contributed by atoms with E-state index in [0.717, 1.165) is 4.73 Å². The van der Waals surface area contributed by atoms with Crippen molar-refractivity contribution in [2.75, 3.05) is 6.61 Å². The van der Waals surface area contributed by atoms with Crippen LogP contribution in [-0.4, -0.2) is 27.5 Å². The van der Waals surface area contributed by atoms with E-state index < -0.39 is 5.97 Å². The third-order valence-electron chi connectivity index (χ3n) is 1.99. The molecule has 0 unspecified atom stereocenters. The van der Waals surface area contributed by atoms with E-state index in [4.69, 9.17) is 4.74 Å². The number of nitrogens with zero attached hydrogens (tertiary/aromatic N) is 2. The van der Waals surface area contributed by atoms with Crippen LogP contribution < -0.4 is 0 Å². The molecule has 0 atom stereocenters. The van der Waals surface area contributed by atoms with Crippen LogP contribution in [0.1, 0.15) is 17.5 Å². The molecular weight excluding hydrogens is 196 g/mol. The van der Waals surface area contributed by atoms with Gasteiger partial charge in [-0.2, -0.15) is 4.73 Å². The molecule has 5 nitrogen and oxygen atoms in total. The van der Waals surface area contributed by atoms with Crippen LogP contribution in [-0.2, 0) is 4.74 Å². The van der Waals surface area contributed by atoms with Gasteiger partial charge in [-0.15, -0.1) is 0 Å². The Labute approximate surface area is 85.9 Å². The Balaban J connectivity index is 2.53. The second-order valence-electron chi connectivity index (χ2n) is 2.96. The predicted octanol–water partition coefficient (Wildman–Crippen LogP) is 1.45. The van der Waals surface area contributed by atoms with Gasteiger partial charge in [0.25, 0.3) is 5.82 Å². The molecule has 0 amide bonds. The van der Waals surface area contributed by atoms with Gasteiger partial charge in [0.2, 0.25) is 0 Å². The molecular formula is C10H10N2O3. The lowest BCUT2D eigenvalue weighted by molar-refractivity contribution is 0.0470. The fraction of sp³-hybridized carbons (Fsp3) is 0.200. The number of para-hydroxylation sites is 2. The van der Waals surface area contributed by atoms with Crippen LogP contribution in [0.5, 0.6) is 0 Å². The van der Waals surface area contributed by atoms with Crippen LogP contribution in [0, 0.1) is 0 Å². The Bertz CT molecular complexity index is 504. The van der Waals surface area contributed by atoms with Crippen LogP contribution >= 0.6 is 0 Å². The van der Waals surface area contributed by atoms with Gasteiger partial charge in [-0.25, -0.2) is 9.78 Å². The highest BCUT2D eigenvalue weighted by atomic mass is 16.5. The summed E-state index contributed by atoms with van der Waals surface area (Å²) in [4.78, 5) is 15.3. The van der Waals surface area contributed by atoms with Gasteiger partial charge in [0.1, 0.15) is 5.52 Å². The minimum atomic E-state index is -0.629. The molecule has 0 aliphatic carbocycles. The van der Waals surface area contributed by atoms with Gasteiger partial charge in [0.05, 0.1) is 12.1 Å². The lowest BCUT2D eigenvalue weighted by Gasteiger charge is -1.99. The fourth-order valence-corrected chi connectivity index (χ4v) is 1.34. The number of imidazole rings is 1. The number of ether oxygens (including phenoxy) is 1. The minimum absolute atomic E-state index is 0.0990. The number of aromatic nitrogens is 2. The number of carbonyl (C=O) groups is 1. The highest BCUT2D eigenvalue weighted by Gasteiger charge is 2.17. The lowest BCUT2D eigenvalue weighted by atomic mass is 10.3. The fourth-order valence-electron chi connectivity index (χ4n) is 1.34. The van der Waals surface area contributed by atoms with Gasteiger partial charge in [-0.3, -0.25) is 0 Å². The molecule has 1 aromatic carbocycles. The molecule has 1 aromatic heterocycles. The molecule has 0 aliphatic rings. The molecule has 78 valence electrons. The maximum Gasteiger partial charge on any atom is 0.377 e. The summed E-state index contributed by atoms with van der Waals surface area (Å²) in [6.45, 7) is 1.95. The summed E-state index contributed by atoms with van der Waals surface area (Å²) in [5.41, 5.74) is 1.05. The smallest absolute Gasteiger partial charge is 0.377 e. The highest BCUT2D eigenvalue weighted by Crippen LogP contribution is 2.14. The lowest BCUT2D eigenvalue weighted by Crippen LogP contribution is -2.11. The van der Waals surface area contributed by atoms with Crippen molar-refractivity contribution in [3.8, 4) is 0 Å². The number of rotatable bonds is 2. The summed E-state index contributed by atoms with van der Waals surface area (Å²) in [5.74, 6) is -0.728. The predicted molar refractivity (Wildman–Crippen MR) is 52.9 cm³/mol. The van der Waals surface area contributed by atoms with E-state index in [1.165, 1.54) is 0 Å². The largest absolute Gasteiger partial charge is 0.460 e. The van der Waals surface area contributed by atoms with Crippen molar-refractivity contribution in [2.24, 2.45) is 0 Å². The zero-order chi connectivity index (χ0) is 10.8. The molecule has 0 radical (unpaired) electrons. The monoisotopic (exact) mass is 206 g/mol. The maximum atomic E-state index is 11.4. The quantitative estimate of drug-likeness (QED) is 0.596. The van der Waals surface area contributed by atoms with E-state index in [9.17, 15) is 10.0 Å². The van der Waals surface area contributed by atoms with Gasteiger partial charge in [-0.05, 0) is 19.1 Å². The Morgan fingerprint density at radius 1 is 1.53 bits per heavy atom. The standard InChI is InChI=1S/C10H10N2O3/c1-2-15-10(13)9-11-7-5-3-4-6-8(7)12(9)14/h3-6,14H,2H2,1H3. The van der Waals surface area contributed by atoms with Crippen LogP contribution in [0.4, 0.5) is 0 Å². The third kappa shape index (κ3) is 1.52. The topological polar surface area (TPSA) is 64.3 Å². The van der Waals surface area contributed by atoms with Crippen molar-refractivity contribution in [3.05, 3.63) is 30.1 Å². The van der Waals surface area contributed by atoms with Gasteiger partial charge >= 0.3 is 5.97 Å². The molecule has 0 saturated heterocycles. The first kappa shape index (κ1) is 9.51. The van der Waals surface area contributed by atoms with Crippen LogP contribution in [0.25, 0.3) is 11.0 Å². The van der Waals surface area contributed by atoms with Crippen molar-refractivity contribution in [1.29, 1.82) is 0 Å². The summed E-state index contributed by atoms with van der Waals surface area (Å²) < 4.78 is 5.50. The van der Waals surface area contributed by atoms with Gasteiger partial charge in [0.15, 0.2) is 0 Å². The minimum Gasteiger partial charge on any atom is -0.460 e. The number of esters is 1. The summed E-state index contributed by atoms with van der Waals surface area (Å²) in [6.07, 6.45) is 0. The Morgan fingerprint density at radius 2 is 2.27 bits per heavy atom. The highest BCUT2D eigenvalue weighted by molar-refractivity contribution is 5.90. The normalized spacial score (nSPS) is 10.5. The Kier molecular flexibility index (Phi) is 2.29. The van der Waals surface area contributed by atoms with Crippen molar-refractivity contribution in [2.45, 2.75) is 6.92 Å². The summed E-state index contributed by atoms with van der Waals surface area (Å²) in [5, 5.41) is 9.64. The molecule has 1 N–H and O–H groups in total. The number of hydrogen-bond donors (Lipinski definition) is 1. The second kappa shape index (κ2) is 3.61. The van der Waals surface area contributed by atoms with Gasteiger partial charge in [0, 0.05) is 0 Å². The van der Waals surface area contributed by atoms with Crippen LogP contribution in [0.2, 0.25) is 0 Å². The van der Waals surface area contributed by atoms with E-state index in [1.807, 2.05) is 0 Å². The first-order chi connectivity index (χ1) is 7.24. The molecule has 0 spiro atoms. The zero-order valence-corrected chi connectivity index (χ0v) is 8.17. The Hall–Kier alpha value is -2.04. The number of benzene rings is 1. The molecule has 1 heterocycles. The molecule has 0 bridgehead atoms. The second-order valence-corrected chi connectivity index (χ2v) is 2.96. The molecule has 0 saturated carbocycles. The van der Waals surface area contributed by atoms with Crippen molar-refractivity contribution in [1.82, 2.24) is 9.71 Å². The average Bonchev–Trinajstić information content (AvgIpc) is 2.57. The zero-order valence-electron chi connectivity index (χ0n) is 8.17. The molecule has 5 heteroatoms. The van der Waals surface area contributed by atoms with Crippen LogP contribution in [0.15, 0.2) is 24.3 Å². The number of fused-ring (bicyclic) bond motifs is 1. The van der Waals surface area contributed by atoms with Gasteiger partial charge < -0.3 is 9.94 Å². The van der Waals surface area contributed by atoms with E-state index in [-0.39, 0.29) is 12.4 Å². The maximum absolute atomic E-state index is 11.4. The van der Waals surface area contributed by atoms with Crippen molar-refractivity contribution in [3.63, 3.8) is 0 Å². The molecule has 15 heavy (non-hydrogen) atoms. The number of carbonyl (C=O) groups excluding carboxylic acids is 1. The summed E-state index contributed by atoms with van der Waals surface area (Å²) in [6, 6.07) is 6.92. The first-order valence-electron chi connectivity index (χ1n) is 4.58. The molecule has 2 rings (SSSR count). The Morgan fingerprint density at radius 3 is 2.93 bits per heavy atom. The SMILES string of the molecule is CCOC(=O)c1nc2ccccc2n1O. The van der Waals surface area contributed by atoms with Gasteiger partial charge in [-0.1, -0.05) is 12.1 Å². The summed E-state index contributed by atoms with van der Waals surface area (Å²) >= 11 is 0. The summed E-state index contributed by atoms with van der Waals surface area (Å²) in [7, 11) is 0. The molecule has 0 aliphatic heterocycles. The number of hydrogen-bond acceptors (Lipinski definition) is 4. The van der Waals surface area contributed by atoms with E-state index >= 15 is 0 Å². The van der Waals surface area contributed by atoms with Crippen LogP contribution in [0.3, 0.4) is 0 Å². The van der Waals surface area contributed by atoms with E-state index in [0.29, 0.717) is 11.0 Å². The first-order valence-corrected chi connectivity index (χ1v) is 4.58. The molecule has 2 aromatic rings. The molecule has 0 fully saturated rings. The van der Waals surface area contributed by atoms with Crippen molar-refractivity contribution < 1.29 is 14.7 Å². The van der Waals surface area contributed by atoms with Crippen molar-refractivity contribution >= 4 is 17.0 Å². The van der Waals surface area contributed by atoms with E-state index in [1.54, 1.807) is 31.2 Å². The average molecular weight is 206 g/mol.